The van der Waals surface area contributed by atoms with Gasteiger partial charge in [0.25, 0.3) is 0 Å². The van der Waals surface area contributed by atoms with Gasteiger partial charge in [-0.15, -0.1) is 0 Å². The first-order valence-corrected chi connectivity index (χ1v) is 12.0. The predicted octanol–water partition coefficient (Wildman–Crippen LogP) is 6.11. The Morgan fingerprint density at radius 3 is 2.15 bits per heavy atom. The zero-order chi connectivity index (χ0) is 22.5. The summed E-state index contributed by atoms with van der Waals surface area (Å²) in [6.07, 6.45) is 10.5. The third-order valence-corrected chi connectivity index (χ3v) is 7.54. The number of aryl methyl sites for hydroxylation is 1. The fraction of sp³-hybridized carbons (Fsp3) is 0.167. The summed E-state index contributed by atoms with van der Waals surface area (Å²) in [5, 5.41) is 7.90. The molecule has 1 N–H and O–H groups in total. The summed E-state index contributed by atoms with van der Waals surface area (Å²) < 4.78 is 0. The van der Waals surface area contributed by atoms with E-state index in [-0.39, 0.29) is 0 Å². The Labute approximate surface area is 198 Å². The lowest BCUT2D eigenvalue weighted by molar-refractivity contribution is 0.675. The monoisotopic (exact) mass is 440 g/mol. The first-order valence-electron chi connectivity index (χ1n) is 12.0. The summed E-state index contributed by atoms with van der Waals surface area (Å²) in [7, 11) is 0. The van der Waals surface area contributed by atoms with Crippen molar-refractivity contribution in [3.05, 3.63) is 125 Å². The van der Waals surface area contributed by atoms with Gasteiger partial charge in [-0.05, 0) is 71.2 Å². The zero-order valence-corrected chi connectivity index (χ0v) is 18.8. The summed E-state index contributed by atoms with van der Waals surface area (Å²) in [5.74, 6) is 0. The van der Waals surface area contributed by atoms with Crippen LogP contribution in [0, 0.1) is 0 Å². The van der Waals surface area contributed by atoms with Crippen molar-refractivity contribution in [3.8, 4) is 22.5 Å². The Bertz CT molecular complexity index is 1450. The van der Waals surface area contributed by atoms with Crippen LogP contribution in [0.2, 0.25) is 0 Å². The van der Waals surface area contributed by atoms with E-state index in [2.05, 4.69) is 81.9 Å². The summed E-state index contributed by atoms with van der Waals surface area (Å²) in [6, 6.07) is 26.0. The summed E-state index contributed by atoms with van der Waals surface area (Å²) in [5.41, 5.74) is 11.5. The van der Waals surface area contributed by atoms with E-state index in [1.165, 1.54) is 46.4 Å². The van der Waals surface area contributed by atoms with Gasteiger partial charge in [0, 0.05) is 29.8 Å². The van der Waals surface area contributed by atoms with E-state index >= 15 is 0 Å². The van der Waals surface area contributed by atoms with E-state index in [9.17, 15) is 0 Å². The average Bonchev–Trinajstić information content (AvgIpc) is 3.48. The van der Waals surface area contributed by atoms with Crippen LogP contribution in [0.1, 0.15) is 46.4 Å². The maximum Gasteiger partial charge on any atom is 0.114 e. The molecule has 164 valence electrons. The number of aromatic nitrogens is 4. The van der Waals surface area contributed by atoms with Crippen molar-refractivity contribution in [1.29, 1.82) is 0 Å². The number of hydrogen-bond acceptors (Lipinski definition) is 3. The molecule has 0 radical (unpaired) electrons. The molecule has 0 aliphatic heterocycles. The molecule has 0 fully saturated rings. The molecule has 0 spiro atoms. The van der Waals surface area contributed by atoms with E-state index < -0.39 is 5.41 Å². The molecule has 2 aliphatic carbocycles. The van der Waals surface area contributed by atoms with Crippen molar-refractivity contribution < 1.29 is 0 Å². The Morgan fingerprint density at radius 1 is 0.706 bits per heavy atom. The number of pyridine rings is 2. The number of nitrogens with one attached hydrogen (secondary N) is 1. The Morgan fingerprint density at radius 2 is 1.44 bits per heavy atom. The first-order chi connectivity index (χ1) is 16.9. The highest BCUT2D eigenvalue weighted by molar-refractivity contribution is 5.86. The SMILES string of the molecule is c1cncc(C2(c3ccc(-c4n[nH]c5c4CCCC5)nc3)c3ccccc3-c3ccccc32)c1. The van der Waals surface area contributed by atoms with Crippen molar-refractivity contribution in [2.45, 2.75) is 31.1 Å². The van der Waals surface area contributed by atoms with Crippen LogP contribution in [0.25, 0.3) is 22.5 Å². The molecule has 34 heavy (non-hydrogen) atoms. The Balaban J connectivity index is 1.46. The van der Waals surface area contributed by atoms with Crippen LogP contribution < -0.4 is 0 Å². The van der Waals surface area contributed by atoms with Crippen molar-refractivity contribution in [3.63, 3.8) is 0 Å². The average molecular weight is 441 g/mol. The minimum Gasteiger partial charge on any atom is -0.282 e. The lowest BCUT2D eigenvalue weighted by Crippen LogP contribution is -2.28. The van der Waals surface area contributed by atoms with Crippen molar-refractivity contribution in [2.75, 3.05) is 0 Å². The number of rotatable bonds is 3. The Hall–Kier alpha value is -4.05. The van der Waals surface area contributed by atoms with E-state index in [4.69, 9.17) is 4.98 Å². The van der Waals surface area contributed by atoms with E-state index in [0.717, 1.165) is 35.4 Å². The molecule has 0 saturated heterocycles. The molecule has 2 aromatic carbocycles. The topological polar surface area (TPSA) is 54.5 Å². The second-order valence-corrected chi connectivity index (χ2v) is 9.25. The van der Waals surface area contributed by atoms with Crippen molar-refractivity contribution in [2.24, 2.45) is 0 Å². The number of aromatic amines is 1. The van der Waals surface area contributed by atoms with Gasteiger partial charge >= 0.3 is 0 Å². The molecule has 0 saturated carbocycles. The highest BCUT2D eigenvalue weighted by Crippen LogP contribution is 2.55. The largest absolute Gasteiger partial charge is 0.282 e. The number of hydrogen-bond donors (Lipinski definition) is 1. The van der Waals surface area contributed by atoms with Crippen molar-refractivity contribution in [1.82, 2.24) is 20.2 Å². The molecule has 3 aromatic heterocycles. The molecule has 5 aromatic rings. The van der Waals surface area contributed by atoms with Gasteiger partial charge in [0.2, 0.25) is 0 Å². The third kappa shape index (κ3) is 2.62. The fourth-order valence-corrected chi connectivity index (χ4v) is 6.06. The second-order valence-electron chi connectivity index (χ2n) is 9.25. The van der Waals surface area contributed by atoms with Gasteiger partial charge in [-0.1, -0.05) is 60.7 Å². The van der Waals surface area contributed by atoms with Gasteiger partial charge in [0.1, 0.15) is 5.69 Å². The molecule has 4 nitrogen and oxygen atoms in total. The van der Waals surface area contributed by atoms with E-state index in [1.54, 1.807) is 0 Å². The van der Waals surface area contributed by atoms with Gasteiger partial charge in [0.15, 0.2) is 0 Å². The normalized spacial score (nSPS) is 15.4. The van der Waals surface area contributed by atoms with Gasteiger partial charge in [-0.3, -0.25) is 15.1 Å². The lowest BCUT2D eigenvalue weighted by Gasteiger charge is -2.33. The van der Waals surface area contributed by atoms with Crippen LogP contribution in [-0.4, -0.2) is 20.2 Å². The maximum atomic E-state index is 4.99. The highest BCUT2D eigenvalue weighted by Gasteiger charge is 2.46. The predicted molar refractivity (Wildman–Crippen MR) is 134 cm³/mol. The number of H-pyrrole nitrogens is 1. The van der Waals surface area contributed by atoms with Gasteiger partial charge in [-0.25, -0.2) is 0 Å². The van der Waals surface area contributed by atoms with Crippen LogP contribution in [0.5, 0.6) is 0 Å². The molecule has 0 bridgehead atoms. The maximum absolute atomic E-state index is 4.99. The molecule has 3 heterocycles. The number of benzene rings is 2. The molecule has 0 amide bonds. The number of nitrogens with zero attached hydrogens (tertiary/aromatic N) is 3. The molecular weight excluding hydrogens is 416 g/mol. The van der Waals surface area contributed by atoms with Gasteiger partial charge < -0.3 is 0 Å². The molecule has 4 heteroatoms. The van der Waals surface area contributed by atoms with Crippen LogP contribution in [0.15, 0.2) is 91.4 Å². The zero-order valence-electron chi connectivity index (χ0n) is 18.8. The molecule has 2 aliphatic rings. The minimum absolute atomic E-state index is 0.460. The molecule has 0 unspecified atom stereocenters. The first kappa shape index (κ1) is 19.4. The minimum atomic E-state index is -0.460. The van der Waals surface area contributed by atoms with Crippen LogP contribution in [0.3, 0.4) is 0 Å². The smallest absolute Gasteiger partial charge is 0.114 e. The standard InChI is InChI=1S/C30H24N4/c1-4-12-25-22(9-1)23-10-2-5-13-26(23)30(25,20-8-7-17-31-18-20)21-15-16-28(32-19-21)29-24-11-3-6-14-27(24)33-34-29/h1-2,4-5,7-10,12-13,15-19H,3,6,11,14H2,(H,33,34). The molecular formula is C30H24N4. The molecule has 7 rings (SSSR count). The van der Waals surface area contributed by atoms with Gasteiger partial charge in [0.05, 0.1) is 11.1 Å². The highest BCUT2D eigenvalue weighted by atomic mass is 15.1. The van der Waals surface area contributed by atoms with Crippen LogP contribution in [0.4, 0.5) is 0 Å². The van der Waals surface area contributed by atoms with Gasteiger partial charge in [-0.2, -0.15) is 5.10 Å². The quantitative estimate of drug-likeness (QED) is 0.361. The van der Waals surface area contributed by atoms with E-state index in [0.29, 0.717) is 0 Å². The Kier molecular flexibility index (Phi) is 4.28. The summed E-state index contributed by atoms with van der Waals surface area (Å²) >= 11 is 0. The van der Waals surface area contributed by atoms with E-state index in [1.807, 2.05) is 24.7 Å². The van der Waals surface area contributed by atoms with Crippen LogP contribution in [-0.2, 0) is 18.3 Å². The second kappa shape index (κ2) is 7.49. The third-order valence-electron chi connectivity index (χ3n) is 7.54. The molecule has 0 atom stereocenters. The van der Waals surface area contributed by atoms with Crippen LogP contribution >= 0.6 is 0 Å². The fourth-order valence-electron chi connectivity index (χ4n) is 6.06. The summed E-state index contributed by atoms with van der Waals surface area (Å²) in [4.78, 5) is 9.50. The summed E-state index contributed by atoms with van der Waals surface area (Å²) in [6.45, 7) is 0. The van der Waals surface area contributed by atoms with Crippen molar-refractivity contribution >= 4 is 0 Å². The number of fused-ring (bicyclic) bond motifs is 4. The lowest BCUT2D eigenvalue weighted by atomic mass is 9.68.